The van der Waals surface area contributed by atoms with Crippen LogP contribution in [0.15, 0.2) is 18.2 Å². The second-order valence-electron chi connectivity index (χ2n) is 9.45. The Bertz CT molecular complexity index is 767. The molecule has 37 heavy (non-hydrogen) atoms. The summed E-state index contributed by atoms with van der Waals surface area (Å²) < 4.78 is 98.0. The quantitative estimate of drug-likeness (QED) is 0.0532. The molecule has 0 aliphatic rings. The van der Waals surface area contributed by atoms with E-state index in [2.05, 4.69) is 12.4 Å². The van der Waals surface area contributed by atoms with Crippen molar-refractivity contribution >= 4 is 18.3 Å². The van der Waals surface area contributed by atoms with Crippen LogP contribution in [0.25, 0.3) is 0 Å². The summed E-state index contributed by atoms with van der Waals surface area (Å²) in [6.45, 7) is 2.43. The maximum atomic E-state index is 14.2. The average molecular weight is 544 g/mol. The lowest BCUT2D eigenvalue weighted by Crippen LogP contribution is -2.53. The zero-order valence-corrected chi connectivity index (χ0v) is 21.5. The molecule has 0 aromatic heterocycles. The number of alkyl halides is 7. The highest BCUT2D eigenvalue weighted by Gasteiger charge is 2.74. The molecule has 0 spiro atoms. The maximum Gasteiger partial charge on any atom is 0.509 e. The number of benzene rings is 1. The van der Waals surface area contributed by atoms with Gasteiger partial charge in [-0.15, -0.1) is 0 Å². The number of hydroxylamine groups is 1. The van der Waals surface area contributed by atoms with Crippen molar-refractivity contribution in [3.05, 3.63) is 23.8 Å². The molecule has 1 rings (SSSR count). The van der Waals surface area contributed by atoms with Crippen LogP contribution in [0, 0.1) is 0 Å². The average Bonchev–Trinajstić information content (AvgIpc) is 2.82. The lowest BCUT2D eigenvalue weighted by molar-refractivity contribution is -0.359. The molecule has 4 N–H and O–H groups in total. The number of nitrogens with two attached hydrogens (primary N) is 1. The highest BCUT2D eigenvalue weighted by atomic mass is 19.4. The lowest BCUT2D eigenvalue weighted by atomic mass is 9.74. The number of unbranched alkanes of at least 4 members (excludes halogenated alkanes) is 13. The van der Waals surface area contributed by atoms with E-state index < -0.39 is 36.2 Å². The van der Waals surface area contributed by atoms with E-state index in [4.69, 9.17) is 10.5 Å². The summed E-state index contributed by atoms with van der Waals surface area (Å²) in [5.74, 6) is -12.0. The second-order valence-corrected chi connectivity index (χ2v) is 9.45. The molecule has 0 aliphatic heterocycles. The Kier molecular flexibility index (Phi) is 14.9. The molecule has 12 heteroatoms. The van der Waals surface area contributed by atoms with E-state index in [1.807, 2.05) is 0 Å². The molecule has 1 aromatic carbocycles. The Morgan fingerprint density at radius 1 is 0.784 bits per heavy atom. The molecule has 214 valence electrons. The van der Waals surface area contributed by atoms with Gasteiger partial charge >= 0.3 is 25.1 Å². The fourth-order valence-electron chi connectivity index (χ4n) is 4.01. The normalized spacial score (nSPS) is 12.8. The molecule has 0 amide bonds. The summed E-state index contributed by atoms with van der Waals surface area (Å²) in [4.78, 5) is 0. The Hall–Kier alpha value is -1.53. The van der Waals surface area contributed by atoms with E-state index in [0.29, 0.717) is 18.6 Å². The van der Waals surface area contributed by atoms with Gasteiger partial charge in [-0.2, -0.15) is 30.7 Å². The van der Waals surface area contributed by atoms with Gasteiger partial charge in [-0.1, -0.05) is 96.5 Å². The summed E-state index contributed by atoms with van der Waals surface area (Å²) in [7, 11) is -2.24. The smallest absolute Gasteiger partial charge is 0.422 e. The van der Waals surface area contributed by atoms with E-state index >= 15 is 0 Å². The molecule has 0 bridgehead atoms. The van der Waals surface area contributed by atoms with Crippen molar-refractivity contribution in [2.45, 2.75) is 115 Å². The summed E-state index contributed by atoms with van der Waals surface area (Å²) in [5.41, 5.74) is 4.87. The van der Waals surface area contributed by atoms with E-state index in [-0.39, 0.29) is 12.2 Å². The van der Waals surface area contributed by atoms with Gasteiger partial charge in [-0.25, -0.2) is 5.48 Å². The Morgan fingerprint density at radius 3 is 1.70 bits per heavy atom. The van der Waals surface area contributed by atoms with E-state index in [1.54, 1.807) is 0 Å². The van der Waals surface area contributed by atoms with Gasteiger partial charge < -0.3 is 15.5 Å². The van der Waals surface area contributed by atoms with Crippen molar-refractivity contribution in [3.63, 3.8) is 0 Å². The molecule has 0 atom stereocenters. The minimum atomic E-state index is -6.51. The predicted molar refractivity (Wildman–Crippen MR) is 133 cm³/mol. The van der Waals surface area contributed by atoms with Crippen LogP contribution >= 0.6 is 0 Å². The number of nitrogen functional groups attached to an aromatic ring is 1. The first-order chi connectivity index (χ1) is 17.4. The van der Waals surface area contributed by atoms with Crippen LogP contribution < -0.4 is 16.7 Å². The number of nitrogens with one attached hydrogen (secondary N) is 1. The van der Waals surface area contributed by atoms with Gasteiger partial charge in [0.1, 0.15) is 0 Å². The Balaban J connectivity index is 2.33. The first-order valence-electron chi connectivity index (χ1n) is 13.1. The Morgan fingerprint density at radius 2 is 1.24 bits per heavy atom. The van der Waals surface area contributed by atoms with Crippen LogP contribution in [-0.4, -0.2) is 30.8 Å². The van der Waals surface area contributed by atoms with Crippen molar-refractivity contribution < 1.29 is 40.5 Å². The molecule has 0 heterocycles. The van der Waals surface area contributed by atoms with E-state index in [9.17, 15) is 35.8 Å². The minimum Gasteiger partial charge on any atom is -0.422 e. The third-order valence-electron chi connectivity index (χ3n) is 6.26. The number of hydrogen-bond acceptors (Lipinski definition) is 4. The first-order valence-corrected chi connectivity index (χ1v) is 13.1. The van der Waals surface area contributed by atoms with Crippen molar-refractivity contribution in [1.82, 2.24) is 5.48 Å². The van der Waals surface area contributed by atoms with Crippen molar-refractivity contribution in [1.29, 1.82) is 0 Å². The summed E-state index contributed by atoms with van der Waals surface area (Å²) in [6, 6.07) is 1.74. The first kappa shape index (κ1) is 33.5. The molecule has 0 fully saturated rings. The largest absolute Gasteiger partial charge is 0.509 e. The van der Waals surface area contributed by atoms with Gasteiger partial charge in [-0.05, 0) is 24.0 Å². The molecule has 0 unspecified atom stereocenters. The predicted octanol–water partition coefficient (Wildman–Crippen LogP) is 7.25. The zero-order chi connectivity index (χ0) is 28.0. The molecule has 1 aromatic rings. The van der Waals surface area contributed by atoms with E-state index in [0.717, 1.165) is 31.7 Å². The molecule has 0 saturated heterocycles. The minimum absolute atomic E-state index is 0.223. The topological polar surface area (TPSA) is 67.5 Å². The Labute approximate surface area is 215 Å². The molecule has 0 radical (unpaired) electrons. The van der Waals surface area contributed by atoms with Crippen LogP contribution in [0.1, 0.15) is 102 Å². The lowest BCUT2D eigenvalue weighted by Gasteiger charge is -2.30. The highest BCUT2D eigenvalue weighted by Crippen LogP contribution is 2.51. The highest BCUT2D eigenvalue weighted by molar-refractivity contribution is 6.60. The van der Waals surface area contributed by atoms with Crippen LogP contribution in [-0.2, 0) is 10.7 Å². The zero-order valence-electron chi connectivity index (χ0n) is 21.5. The molecule has 0 saturated carbocycles. The second kappa shape index (κ2) is 16.4. The van der Waals surface area contributed by atoms with Crippen molar-refractivity contribution in [2.24, 2.45) is 0 Å². The molecular weight excluding hydrogens is 504 g/mol. The summed E-state index contributed by atoms with van der Waals surface area (Å²) in [6.07, 6.45) is 9.72. The van der Waals surface area contributed by atoms with E-state index in [1.165, 1.54) is 57.8 Å². The standard InChI is InChI=1S/C25H40BF7N2O2/c1-2-3-4-5-6-7-8-9-10-11-12-13-14-15-18-35-37-26(36)22-19-20(34)16-17-21(22)23(27,28)24(29,30)25(31,32)33/h16-17,19,35-36H,2-15,18,34H2,1H3. The molecule has 0 aliphatic carbocycles. The van der Waals surface area contributed by atoms with Crippen LogP contribution in [0.4, 0.5) is 36.4 Å². The SMILES string of the molecule is CCCCCCCCCCCCCCCCNOB(O)c1cc(N)ccc1C(F)(F)C(F)(F)C(F)(F)F. The maximum absolute atomic E-state index is 14.2. The van der Waals surface area contributed by atoms with Crippen molar-refractivity contribution in [2.75, 3.05) is 12.3 Å². The third kappa shape index (κ3) is 11.0. The van der Waals surface area contributed by atoms with Crippen LogP contribution in [0.5, 0.6) is 0 Å². The molecule has 4 nitrogen and oxygen atoms in total. The van der Waals surface area contributed by atoms with Gasteiger partial charge in [0.05, 0.1) is 0 Å². The van der Waals surface area contributed by atoms with Gasteiger partial charge in [0.15, 0.2) is 0 Å². The van der Waals surface area contributed by atoms with Gasteiger partial charge in [-0.3, -0.25) is 0 Å². The number of anilines is 1. The summed E-state index contributed by atoms with van der Waals surface area (Å²) >= 11 is 0. The van der Waals surface area contributed by atoms with Crippen LogP contribution in [0.3, 0.4) is 0 Å². The number of hydrogen-bond donors (Lipinski definition) is 3. The third-order valence-corrected chi connectivity index (χ3v) is 6.26. The van der Waals surface area contributed by atoms with Gasteiger partial charge in [0.25, 0.3) is 0 Å². The van der Waals surface area contributed by atoms with Gasteiger partial charge in [0.2, 0.25) is 0 Å². The molecular formula is C25H40BF7N2O2. The van der Waals surface area contributed by atoms with Crippen molar-refractivity contribution in [3.8, 4) is 0 Å². The number of halogens is 7. The summed E-state index contributed by atoms with van der Waals surface area (Å²) in [5, 5.41) is 10.1. The monoisotopic (exact) mass is 544 g/mol. The number of rotatable bonds is 20. The van der Waals surface area contributed by atoms with Crippen LogP contribution in [0.2, 0.25) is 0 Å². The fraction of sp³-hybridized carbons (Fsp3) is 0.760. The van der Waals surface area contributed by atoms with Gasteiger partial charge in [0, 0.05) is 17.8 Å². The fourth-order valence-corrected chi connectivity index (χ4v) is 4.01.